The standard InChI is InChI=1S/C14H8BrNO3S/c15-8-3-1-4-9-12(8)13(18)14(19)16(9)7-10(17)11-5-2-6-20-11/h1-6H,7H2. The summed E-state index contributed by atoms with van der Waals surface area (Å²) in [5.74, 6) is -1.41. The van der Waals surface area contributed by atoms with Gasteiger partial charge in [-0.25, -0.2) is 0 Å². The van der Waals surface area contributed by atoms with Crippen molar-refractivity contribution in [1.29, 1.82) is 0 Å². The fourth-order valence-electron chi connectivity index (χ4n) is 2.12. The second-order valence-electron chi connectivity index (χ2n) is 4.25. The third kappa shape index (κ3) is 2.01. The van der Waals surface area contributed by atoms with Crippen LogP contribution in [-0.2, 0) is 4.79 Å². The van der Waals surface area contributed by atoms with Crippen LogP contribution >= 0.6 is 27.3 Å². The van der Waals surface area contributed by atoms with Gasteiger partial charge in [-0.1, -0.05) is 12.1 Å². The van der Waals surface area contributed by atoms with E-state index in [4.69, 9.17) is 0 Å². The van der Waals surface area contributed by atoms with Crippen LogP contribution in [0.3, 0.4) is 0 Å². The number of fused-ring (bicyclic) bond motifs is 1. The van der Waals surface area contributed by atoms with Gasteiger partial charge in [0, 0.05) is 4.47 Å². The van der Waals surface area contributed by atoms with Crippen LogP contribution in [-0.4, -0.2) is 24.0 Å². The number of hydrogen-bond donors (Lipinski definition) is 0. The van der Waals surface area contributed by atoms with Crippen molar-refractivity contribution in [1.82, 2.24) is 0 Å². The van der Waals surface area contributed by atoms with Gasteiger partial charge in [-0.15, -0.1) is 11.3 Å². The number of nitrogens with zero attached hydrogens (tertiary/aromatic N) is 1. The lowest BCUT2D eigenvalue weighted by molar-refractivity contribution is -0.114. The van der Waals surface area contributed by atoms with E-state index >= 15 is 0 Å². The first-order valence-electron chi connectivity index (χ1n) is 5.81. The van der Waals surface area contributed by atoms with E-state index in [1.807, 2.05) is 0 Å². The lowest BCUT2D eigenvalue weighted by atomic mass is 10.1. The highest BCUT2D eigenvalue weighted by atomic mass is 79.9. The van der Waals surface area contributed by atoms with E-state index in [9.17, 15) is 14.4 Å². The first-order chi connectivity index (χ1) is 9.59. The molecule has 1 aromatic carbocycles. The van der Waals surface area contributed by atoms with Gasteiger partial charge in [0.1, 0.15) is 0 Å². The molecule has 0 unspecified atom stereocenters. The second-order valence-corrected chi connectivity index (χ2v) is 6.06. The van der Waals surface area contributed by atoms with Gasteiger partial charge in [0.25, 0.3) is 11.7 Å². The Morgan fingerprint density at radius 2 is 2.00 bits per heavy atom. The van der Waals surface area contributed by atoms with Gasteiger partial charge in [0.2, 0.25) is 0 Å². The minimum absolute atomic E-state index is 0.117. The van der Waals surface area contributed by atoms with Crippen LogP contribution in [0.5, 0.6) is 0 Å². The molecule has 0 fully saturated rings. The molecule has 1 aromatic heterocycles. The lowest BCUT2D eigenvalue weighted by Gasteiger charge is -2.15. The maximum Gasteiger partial charge on any atom is 0.299 e. The number of anilines is 1. The van der Waals surface area contributed by atoms with Gasteiger partial charge < -0.3 is 0 Å². The average Bonchev–Trinajstić information content (AvgIpc) is 3.03. The first-order valence-corrected chi connectivity index (χ1v) is 7.48. The van der Waals surface area contributed by atoms with Crippen molar-refractivity contribution in [3.05, 3.63) is 50.6 Å². The van der Waals surface area contributed by atoms with E-state index in [2.05, 4.69) is 15.9 Å². The lowest BCUT2D eigenvalue weighted by Crippen LogP contribution is -2.34. The molecular formula is C14H8BrNO3S. The minimum atomic E-state index is -0.656. The van der Waals surface area contributed by atoms with Crippen LogP contribution < -0.4 is 4.90 Å². The number of Topliss-reactive ketones (excluding diaryl/α,β-unsaturated/α-hetero) is 2. The highest BCUT2D eigenvalue weighted by Crippen LogP contribution is 2.34. The molecule has 0 atom stereocenters. The second kappa shape index (κ2) is 4.96. The highest BCUT2D eigenvalue weighted by Gasteiger charge is 2.38. The molecule has 6 heteroatoms. The van der Waals surface area contributed by atoms with E-state index < -0.39 is 11.7 Å². The number of halogens is 1. The van der Waals surface area contributed by atoms with Crippen LogP contribution in [0.1, 0.15) is 20.0 Å². The Kier molecular flexibility index (Phi) is 3.27. The first kappa shape index (κ1) is 13.2. The summed E-state index contributed by atoms with van der Waals surface area (Å²) in [6.45, 7) is -0.117. The summed E-state index contributed by atoms with van der Waals surface area (Å²) in [7, 11) is 0. The van der Waals surface area contributed by atoms with Gasteiger partial charge in [-0.3, -0.25) is 19.3 Å². The van der Waals surface area contributed by atoms with Crippen LogP contribution in [0.2, 0.25) is 0 Å². The summed E-state index contributed by atoms with van der Waals surface area (Å²) >= 11 is 4.58. The third-order valence-electron chi connectivity index (χ3n) is 3.05. The molecule has 0 bridgehead atoms. The van der Waals surface area contributed by atoms with Gasteiger partial charge >= 0.3 is 0 Å². The van der Waals surface area contributed by atoms with Crippen molar-refractivity contribution in [2.45, 2.75) is 0 Å². The highest BCUT2D eigenvalue weighted by molar-refractivity contribution is 9.10. The Bertz CT molecular complexity index is 724. The number of carbonyl (C=O) groups excluding carboxylic acids is 3. The van der Waals surface area contributed by atoms with Crippen molar-refractivity contribution >= 4 is 50.4 Å². The molecule has 100 valence electrons. The number of benzene rings is 1. The molecule has 2 aromatic rings. The monoisotopic (exact) mass is 349 g/mol. The number of carbonyl (C=O) groups is 3. The normalized spacial score (nSPS) is 13.8. The fraction of sp³-hybridized carbons (Fsp3) is 0.0714. The zero-order valence-corrected chi connectivity index (χ0v) is 12.5. The molecule has 0 radical (unpaired) electrons. The molecule has 0 saturated carbocycles. The topological polar surface area (TPSA) is 54.5 Å². The van der Waals surface area contributed by atoms with E-state index in [-0.39, 0.29) is 12.3 Å². The van der Waals surface area contributed by atoms with Gasteiger partial charge in [0.05, 0.1) is 22.7 Å². The molecule has 20 heavy (non-hydrogen) atoms. The molecule has 1 aliphatic heterocycles. The molecule has 0 N–H and O–H groups in total. The van der Waals surface area contributed by atoms with Crippen molar-refractivity contribution in [3.8, 4) is 0 Å². The molecule has 1 amide bonds. The quantitative estimate of drug-likeness (QED) is 0.632. The maximum atomic E-state index is 12.1. The summed E-state index contributed by atoms with van der Waals surface area (Å²) in [5, 5.41) is 1.80. The van der Waals surface area contributed by atoms with Crippen molar-refractivity contribution in [3.63, 3.8) is 0 Å². The van der Waals surface area contributed by atoms with Crippen LogP contribution in [0, 0.1) is 0 Å². The molecular weight excluding hydrogens is 342 g/mol. The van der Waals surface area contributed by atoms with Gasteiger partial charge in [-0.05, 0) is 39.5 Å². The molecule has 4 nitrogen and oxygen atoms in total. The van der Waals surface area contributed by atoms with Crippen molar-refractivity contribution in [2.75, 3.05) is 11.4 Å². The Labute approximate surface area is 127 Å². The number of thiophene rings is 1. The van der Waals surface area contributed by atoms with Crippen LogP contribution in [0.15, 0.2) is 40.2 Å². The zero-order valence-electron chi connectivity index (χ0n) is 10.1. The Morgan fingerprint density at radius 1 is 1.20 bits per heavy atom. The number of hydrogen-bond acceptors (Lipinski definition) is 4. The Hall–Kier alpha value is -1.79. The zero-order chi connectivity index (χ0) is 14.3. The summed E-state index contributed by atoms with van der Waals surface area (Å²) in [6, 6.07) is 8.59. The summed E-state index contributed by atoms with van der Waals surface area (Å²) in [4.78, 5) is 37.9. The van der Waals surface area contributed by atoms with Gasteiger partial charge in [0.15, 0.2) is 5.78 Å². The van der Waals surface area contributed by atoms with Crippen molar-refractivity contribution in [2.24, 2.45) is 0 Å². The number of rotatable bonds is 3. The SMILES string of the molecule is O=C(CN1C(=O)C(=O)c2c(Br)cccc21)c1cccs1. The van der Waals surface area contributed by atoms with Crippen LogP contribution in [0.4, 0.5) is 5.69 Å². The summed E-state index contributed by atoms with van der Waals surface area (Å²) in [6.07, 6.45) is 0. The van der Waals surface area contributed by atoms with E-state index in [1.165, 1.54) is 16.2 Å². The average molecular weight is 350 g/mol. The smallest absolute Gasteiger partial charge is 0.297 e. The minimum Gasteiger partial charge on any atom is -0.297 e. The Balaban J connectivity index is 1.96. The largest absolute Gasteiger partial charge is 0.299 e. The van der Waals surface area contributed by atoms with Crippen molar-refractivity contribution < 1.29 is 14.4 Å². The Morgan fingerprint density at radius 3 is 2.70 bits per heavy atom. The molecule has 0 spiro atoms. The predicted molar refractivity (Wildman–Crippen MR) is 79.5 cm³/mol. The number of amides is 1. The molecule has 3 rings (SSSR count). The molecule has 0 saturated heterocycles. The number of ketones is 2. The van der Waals surface area contributed by atoms with E-state index in [0.717, 1.165) is 0 Å². The fourth-order valence-corrected chi connectivity index (χ4v) is 3.31. The third-order valence-corrected chi connectivity index (χ3v) is 4.62. The molecule has 1 aliphatic rings. The predicted octanol–water partition coefficient (Wildman–Crippen LogP) is 2.92. The summed E-state index contributed by atoms with van der Waals surface area (Å²) in [5.41, 5.74) is 0.816. The maximum absolute atomic E-state index is 12.1. The van der Waals surface area contributed by atoms with E-state index in [0.29, 0.717) is 20.6 Å². The molecule has 2 heterocycles. The summed E-state index contributed by atoms with van der Waals surface area (Å²) < 4.78 is 0.569. The van der Waals surface area contributed by atoms with Crippen LogP contribution in [0.25, 0.3) is 0 Å². The van der Waals surface area contributed by atoms with E-state index in [1.54, 1.807) is 35.7 Å². The molecule has 0 aliphatic carbocycles. The van der Waals surface area contributed by atoms with Gasteiger partial charge in [-0.2, -0.15) is 0 Å².